The molecule has 0 saturated heterocycles. The molecule has 2 aromatic carbocycles. The summed E-state index contributed by atoms with van der Waals surface area (Å²) in [7, 11) is 0. The first kappa shape index (κ1) is 14.4. The maximum absolute atomic E-state index is 5.43. The Hall–Kier alpha value is -1.52. The summed E-state index contributed by atoms with van der Waals surface area (Å²) in [5.74, 6) is 1.65. The maximum atomic E-state index is 5.43. The standard InChI is InChI=1S/C17H18BrNO2/c1-12(13-5-3-2-4-6-13)19-8-7-14-9-16-17(10-15(14)18)21-11-20-16/h2-6,9-10,12,19H,7-8,11H2,1H3. The van der Waals surface area contributed by atoms with E-state index >= 15 is 0 Å². The zero-order valence-corrected chi connectivity index (χ0v) is 13.5. The van der Waals surface area contributed by atoms with Crippen molar-refractivity contribution >= 4 is 15.9 Å². The van der Waals surface area contributed by atoms with E-state index in [1.165, 1.54) is 11.1 Å². The molecule has 0 spiro atoms. The minimum absolute atomic E-state index is 0.314. The van der Waals surface area contributed by atoms with Gasteiger partial charge in [-0.15, -0.1) is 0 Å². The lowest BCUT2D eigenvalue weighted by molar-refractivity contribution is 0.174. The molecule has 2 aromatic rings. The molecule has 0 aliphatic carbocycles. The predicted octanol–water partition coefficient (Wildman–Crippen LogP) is 4.07. The molecular formula is C17H18BrNO2. The van der Waals surface area contributed by atoms with E-state index in [2.05, 4.69) is 58.5 Å². The molecule has 1 heterocycles. The average Bonchev–Trinajstić information content (AvgIpc) is 2.95. The van der Waals surface area contributed by atoms with Gasteiger partial charge in [-0.05, 0) is 43.1 Å². The molecule has 4 heteroatoms. The normalized spacial score (nSPS) is 14.2. The molecule has 3 nitrogen and oxygen atoms in total. The number of hydrogen-bond acceptors (Lipinski definition) is 3. The van der Waals surface area contributed by atoms with Gasteiger partial charge in [0.1, 0.15) is 0 Å². The van der Waals surface area contributed by atoms with Crippen LogP contribution in [-0.4, -0.2) is 13.3 Å². The van der Waals surface area contributed by atoms with E-state index in [0.29, 0.717) is 12.8 Å². The highest BCUT2D eigenvalue weighted by molar-refractivity contribution is 9.10. The molecule has 0 amide bonds. The second-order valence-corrected chi connectivity index (χ2v) is 5.99. The van der Waals surface area contributed by atoms with Crippen LogP contribution in [0.2, 0.25) is 0 Å². The summed E-state index contributed by atoms with van der Waals surface area (Å²) in [5.41, 5.74) is 2.54. The Balaban J connectivity index is 1.58. The van der Waals surface area contributed by atoms with Crippen molar-refractivity contribution in [1.82, 2.24) is 5.32 Å². The lowest BCUT2D eigenvalue weighted by Gasteiger charge is -2.14. The molecule has 0 fully saturated rings. The lowest BCUT2D eigenvalue weighted by Crippen LogP contribution is -2.21. The first-order chi connectivity index (χ1) is 10.2. The van der Waals surface area contributed by atoms with Gasteiger partial charge >= 0.3 is 0 Å². The molecule has 1 N–H and O–H groups in total. The number of benzene rings is 2. The molecule has 21 heavy (non-hydrogen) atoms. The highest BCUT2D eigenvalue weighted by Crippen LogP contribution is 2.37. The Labute approximate surface area is 133 Å². The van der Waals surface area contributed by atoms with E-state index in [1.807, 2.05) is 12.1 Å². The van der Waals surface area contributed by atoms with Crippen LogP contribution in [0, 0.1) is 0 Å². The summed E-state index contributed by atoms with van der Waals surface area (Å²) in [6, 6.07) is 14.9. The second kappa shape index (κ2) is 6.50. The van der Waals surface area contributed by atoms with E-state index in [9.17, 15) is 0 Å². The number of hydrogen-bond donors (Lipinski definition) is 1. The van der Waals surface area contributed by atoms with Crippen LogP contribution in [0.1, 0.15) is 24.1 Å². The topological polar surface area (TPSA) is 30.5 Å². The lowest BCUT2D eigenvalue weighted by atomic mass is 10.1. The van der Waals surface area contributed by atoms with Crippen LogP contribution in [0.3, 0.4) is 0 Å². The molecule has 0 aromatic heterocycles. The molecule has 1 aliphatic rings. The summed E-state index contributed by atoms with van der Waals surface area (Å²) >= 11 is 3.60. The van der Waals surface area contributed by atoms with Gasteiger partial charge in [-0.25, -0.2) is 0 Å². The zero-order chi connectivity index (χ0) is 14.7. The Bertz CT molecular complexity index is 616. The summed E-state index contributed by atoms with van der Waals surface area (Å²) in [5, 5.41) is 3.55. The van der Waals surface area contributed by atoms with Gasteiger partial charge in [-0.2, -0.15) is 0 Å². The van der Waals surface area contributed by atoms with Crippen molar-refractivity contribution in [2.75, 3.05) is 13.3 Å². The SMILES string of the molecule is CC(NCCc1cc2c(cc1Br)OCO2)c1ccccc1. The summed E-state index contributed by atoms with van der Waals surface area (Å²) < 4.78 is 11.9. The van der Waals surface area contributed by atoms with Crippen molar-refractivity contribution in [3.63, 3.8) is 0 Å². The van der Waals surface area contributed by atoms with Crippen LogP contribution < -0.4 is 14.8 Å². The molecule has 0 saturated carbocycles. The first-order valence-electron chi connectivity index (χ1n) is 7.10. The summed E-state index contributed by atoms with van der Waals surface area (Å²) in [6.45, 7) is 3.41. The first-order valence-corrected chi connectivity index (χ1v) is 7.89. The van der Waals surface area contributed by atoms with Gasteiger partial charge in [0.2, 0.25) is 6.79 Å². The van der Waals surface area contributed by atoms with Crippen LogP contribution >= 0.6 is 15.9 Å². The third-order valence-corrected chi connectivity index (χ3v) is 4.42. The van der Waals surface area contributed by atoms with Crippen molar-refractivity contribution in [3.05, 3.63) is 58.1 Å². The van der Waals surface area contributed by atoms with Gasteiger partial charge in [0.25, 0.3) is 0 Å². The molecule has 0 bridgehead atoms. The smallest absolute Gasteiger partial charge is 0.231 e. The van der Waals surface area contributed by atoms with Gasteiger partial charge in [0.05, 0.1) is 0 Å². The fourth-order valence-electron chi connectivity index (χ4n) is 2.43. The van der Waals surface area contributed by atoms with Gasteiger partial charge in [-0.1, -0.05) is 46.3 Å². The van der Waals surface area contributed by atoms with Crippen LogP contribution in [0.15, 0.2) is 46.9 Å². The largest absolute Gasteiger partial charge is 0.454 e. The monoisotopic (exact) mass is 347 g/mol. The maximum Gasteiger partial charge on any atom is 0.231 e. The summed E-state index contributed by atoms with van der Waals surface area (Å²) in [6.07, 6.45) is 0.939. The Morgan fingerprint density at radius 3 is 2.62 bits per heavy atom. The van der Waals surface area contributed by atoms with Crippen molar-refractivity contribution in [1.29, 1.82) is 0 Å². The Morgan fingerprint density at radius 2 is 1.86 bits per heavy atom. The minimum atomic E-state index is 0.314. The molecule has 1 unspecified atom stereocenters. The fraction of sp³-hybridized carbons (Fsp3) is 0.294. The van der Waals surface area contributed by atoms with Crippen LogP contribution in [0.4, 0.5) is 0 Å². The van der Waals surface area contributed by atoms with Gasteiger partial charge in [-0.3, -0.25) is 0 Å². The number of fused-ring (bicyclic) bond motifs is 1. The third kappa shape index (κ3) is 3.39. The van der Waals surface area contributed by atoms with Crippen LogP contribution in [0.5, 0.6) is 11.5 Å². The van der Waals surface area contributed by atoms with Gasteiger partial charge < -0.3 is 14.8 Å². The zero-order valence-electron chi connectivity index (χ0n) is 11.9. The molecular weight excluding hydrogens is 330 g/mol. The van der Waals surface area contributed by atoms with Crippen LogP contribution in [0.25, 0.3) is 0 Å². The number of rotatable bonds is 5. The van der Waals surface area contributed by atoms with E-state index in [0.717, 1.165) is 28.9 Å². The number of nitrogens with one attached hydrogen (secondary N) is 1. The molecule has 1 atom stereocenters. The molecule has 110 valence electrons. The summed E-state index contributed by atoms with van der Waals surface area (Å²) in [4.78, 5) is 0. The quantitative estimate of drug-likeness (QED) is 0.884. The van der Waals surface area contributed by atoms with Gasteiger partial charge in [0, 0.05) is 10.5 Å². The van der Waals surface area contributed by atoms with E-state index in [1.54, 1.807) is 0 Å². The third-order valence-electron chi connectivity index (χ3n) is 3.69. The molecule has 1 aliphatic heterocycles. The van der Waals surface area contributed by atoms with Crippen molar-refractivity contribution in [3.8, 4) is 11.5 Å². The van der Waals surface area contributed by atoms with Crippen molar-refractivity contribution < 1.29 is 9.47 Å². The van der Waals surface area contributed by atoms with Crippen LogP contribution in [-0.2, 0) is 6.42 Å². The number of halogens is 1. The second-order valence-electron chi connectivity index (χ2n) is 5.13. The van der Waals surface area contributed by atoms with E-state index in [-0.39, 0.29) is 0 Å². The molecule has 3 rings (SSSR count). The average molecular weight is 348 g/mol. The highest BCUT2D eigenvalue weighted by atomic mass is 79.9. The minimum Gasteiger partial charge on any atom is -0.454 e. The molecule has 0 radical (unpaired) electrons. The van der Waals surface area contributed by atoms with E-state index < -0.39 is 0 Å². The Kier molecular flexibility index (Phi) is 4.46. The highest BCUT2D eigenvalue weighted by Gasteiger charge is 2.16. The Morgan fingerprint density at radius 1 is 1.14 bits per heavy atom. The van der Waals surface area contributed by atoms with Crippen molar-refractivity contribution in [2.24, 2.45) is 0 Å². The van der Waals surface area contributed by atoms with Gasteiger partial charge in [0.15, 0.2) is 11.5 Å². The van der Waals surface area contributed by atoms with E-state index in [4.69, 9.17) is 9.47 Å². The van der Waals surface area contributed by atoms with Crippen molar-refractivity contribution in [2.45, 2.75) is 19.4 Å². The predicted molar refractivity (Wildman–Crippen MR) is 86.8 cm³/mol. The fourth-order valence-corrected chi connectivity index (χ4v) is 2.95. The number of ether oxygens (including phenoxy) is 2.